The van der Waals surface area contributed by atoms with E-state index in [4.69, 9.17) is 4.42 Å². The van der Waals surface area contributed by atoms with Crippen molar-refractivity contribution in [2.75, 3.05) is 26.7 Å². The molecule has 2 aromatic rings. The predicted molar refractivity (Wildman–Crippen MR) is 112 cm³/mol. The molecule has 5 heteroatoms. The molecule has 0 aliphatic heterocycles. The van der Waals surface area contributed by atoms with Gasteiger partial charge in [-0.2, -0.15) is 0 Å². The first-order valence-electron chi connectivity index (χ1n) is 10.3. The molecule has 0 fully saturated rings. The Balaban J connectivity index is 1.71. The molecule has 1 aliphatic carbocycles. The van der Waals surface area contributed by atoms with E-state index in [9.17, 15) is 5.11 Å². The first kappa shape index (κ1) is 20.7. The van der Waals surface area contributed by atoms with Gasteiger partial charge in [0.05, 0.1) is 6.61 Å². The van der Waals surface area contributed by atoms with Crippen LogP contribution in [-0.4, -0.2) is 46.9 Å². The van der Waals surface area contributed by atoms with Crippen LogP contribution in [0.3, 0.4) is 0 Å². The summed E-state index contributed by atoms with van der Waals surface area (Å²) in [5, 5.41) is 17.7. The maximum atomic E-state index is 9.20. The van der Waals surface area contributed by atoms with Crippen LogP contribution in [0.1, 0.15) is 33.1 Å². The molecule has 28 heavy (non-hydrogen) atoms. The van der Waals surface area contributed by atoms with Crippen LogP contribution in [-0.2, 0) is 6.42 Å². The van der Waals surface area contributed by atoms with Gasteiger partial charge >= 0.3 is 0 Å². The Morgan fingerprint density at radius 1 is 1.21 bits per heavy atom. The van der Waals surface area contributed by atoms with Gasteiger partial charge in [-0.25, -0.2) is 0 Å². The van der Waals surface area contributed by atoms with Crippen molar-refractivity contribution in [2.45, 2.75) is 33.6 Å². The summed E-state index contributed by atoms with van der Waals surface area (Å²) < 4.78 is 5.95. The summed E-state index contributed by atoms with van der Waals surface area (Å²) >= 11 is 0. The van der Waals surface area contributed by atoms with E-state index in [2.05, 4.69) is 49.0 Å². The molecule has 1 N–H and O–H groups in total. The van der Waals surface area contributed by atoms with Crippen LogP contribution in [0.15, 0.2) is 46.4 Å². The molecule has 0 saturated heterocycles. The van der Waals surface area contributed by atoms with Crippen LogP contribution >= 0.6 is 0 Å². The number of allylic oxidation sites excluding steroid dienone is 1. The first-order chi connectivity index (χ1) is 13.5. The number of aliphatic hydroxyl groups is 1. The smallest absolute Gasteiger partial charge is 0.247 e. The van der Waals surface area contributed by atoms with E-state index in [0.29, 0.717) is 29.6 Å². The fraction of sp³-hybridized carbons (Fsp3) is 0.565. The van der Waals surface area contributed by atoms with E-state index < -0.39 is 0 Å². The van der Waals surface area contributed by atoms with Crippen molar-refractivity contribution in [1.29, 1.82) is 0 Å². The standard InChI is InChI=1S/C23H33N3O2/c1-16(2)21-13-19(17(3)12-20(21)15-26(4)10-11-27)14-22-24-25-23(28-22)18-8-6-5-7-9-18/h5-9,12,16,19-21,27H,10-11,13-15H2,1-4H3/t19-,20-,21-/m0/s1. The Morgan fingerprint density at radius 2 is 1.96 bits per heavy atom. The SMILES string of the molecule is CC1=C[C@@H](CN(C)CCO)[C@H](C(C)C)C[C@H]1Cc1nnc(-c2ccccc2)o1. The quantitative estimate of drug-likeness (QED) is 0.697. The lowest BCUT2D eigenvalue weighted by Gasteiger charge is -2.38. The van der Waals surface area contributed by atoms with E-state index in [1.54, 1.807) is 0 Å². The van der Waals surface area contributed by atoms with Gasteiger partial charge in [-0.15, -0.1) is 10.2 Å². The molecule has 1 aromatic heterocycles. The van der Waals surface area contributed by atoms with Crippen LogP contribution in [0, 0.1) is 23.7 Å². The Kier molecular flexibility index (Phi) is 7.03. The summed E-state index contributed by atoms with van der Waals surface area (Å²) in [5.41, 5.74) is 2.38. The highest BCUT2D eigenvalue weighted by molar-refractivity contribution is 5.51. The van der Waals surface area contributed by atoms with Gasteiger partial charge in [0.25, 0.3) is 0 Å². The summed E-state index contributed by atoms with van der Waals surface area (Å²) in [6.07, 6.45) is 4.38. The van der Waals surface area contributed by atoms with Crippen molar-refractivity contribution in [1.82, 2.24) is 15.1 Å². The fourth-order valence-corrected chi connectivity index (χ4v) is 4.35. The van der Waals surface area contributed by atoms with Gasteiger partial charge in [-0.3, -0.25) is 0 Å². The molecule has 0 unspecified atom stereocenters. The number of benzene rings is 1. The zero-order valence-corrected chi connectivity index (χ0v) is 17.5. The van der Waals surface area contributed by atoms with E-state index in [0.717, 1.165) is 37.4 Å². The Labute approximate surface area is 168 Å². The second kappa shape index (κ2) is 9.48. The maximum absolute atomic E-state index is 9.20. The number of aromatic nitrogens is 2. The third kappa shape index (κ3) is 5.09. The molecule has 3 rings (SSSR count). The zero-order chi connectivity index (χ0) is 20.1. The molecule has 0 spiro atoms. The van der Waals surface area contributed by atoms with Crippen LogP contribution in [0.5, 0.6) is 0 Å². The van der Waals surface area contributed by atoms with E-state index >= 15 is 0 Å². The molecule has 0 saturated carbocycles. The van der Waals surface area contributed by atoms with Crippen LogP contribution < -0.4 is 0 Å². The molecule has 152 valence electrons. The molecular formula is C23H33N3O2. The van der Waals surface area contributed by atoms with Crippen molar-refractivity contribution in [3.05, 3.63) is 47.9 Å². The average molecular weight is 384 g/mol. The summed E-state index contributed by atoms with van der Waals surface area (Å²) in [5.74, 6) is 3.51. The van der Waals surface area contributed by atoms with Crippen molar-refractivity contribution >= 4 is 0 Å². The summed E-state index contributed by atoms with van der Waals surface area (Å²) in [6, 6.07) is 9.93. The molecule has 0 bridgehead atoms. The van der Waals surface area contributed by atoms with Gasteiger partial charge in [0, 0.05) is 25.1 Å². The third-order valence-corrected chi connectivity index (χ3v) is 6.00. The topological polar surface area (TPSA) is 62.4 Å². The van der Waals surface area contributed by atoms with Crippen molar-refractivity contribution in [3.63, 3.8) is 0 Å². The van der Waals surface area contributed by atoms with Gasteiger partial charge in [0.2, 0.25) is 11.8 Å². The molecule has 3 atom stereocenters. The Morgan fingerprint density at radius 3 is 2.64 bits per heavy atom. The van der Waals surface area contributed by atoms with Gasteiger partial charge in [0.15, 0.2) is 0 Å². The van der Waals surface area contributed by atoms with Crippen LogP contribution in [0.2, 0.25) is 0 Å². The highest BCUT2D eigenvalue weighted by Gasteiger charge is 2.33. The molecule has 1 aromatic carbocycles. The van der Waals surface area contributed by atoms with Gasteiger partial charge < -0.3 is 14.4 Å². The number of rotatable bonds is 8. The van der Waals surface area contributed by atoms with Gasteiger partial charge in [-0.1, -0.05) is 43.7 Å². The lowest BCUT2D eigenvalue weighted by atomic mass is 9.69. The van der Waals surface area contributed by atoms with E-state index in [1.807, 2.05) is 30.3 Å². The van der Waals surface area contributed by atoms with Gasteiger partial charge in [0.1, 0.15) is 0 Å². The summed E-state index contributed by atoms with van der Waals surface area (Å²) in [7, 11) is 2.09. The average Bonchev–Trinajstić information content (AvgIpc) is 3.13. The molecule has 0 radical (unpaired) electrons. The highest BCUT2D eigenvalue weighted by atomic mass is 16.4. The number of hydrogen-bond donors (Lipinski definition) is 1. The van der Waals surface area contributed by atoms with Crippen LogP contribution in [0.4, 0.5) is 0 Å². The fourth-order valence-electron chi connectivity index (χ4n) is 4.35. The summed E-state index contributed by atoms with van der Waals surface area (Å²) in [4.78, 5) is 2.23. The summed E-state index contributed by atoms with van der Waals surface area (Å²) in [6.45, 7) is 8.79. The molecule has 5 nitrogen and oxygen atoms in total. The van der Waals surface area contributed by atoms with Crippen molar-refractivity contribution in [3.8, 4) is 11.5 Å². The highest BCUT2D eigenvalue weighted by Crippen LogP contribution is 2.39. The number of likely N-dealkylation sites (N-methyl/N-ethyl adjacent to an activating group) is 1. The molecule has 1 aliphatic rings. The molecule has 1 heterocycles. The second-order valence-corrected chi connectivity index (χ2v) is 8.47. The van der Waals surface area contributed by atoms with Crippen molar-refractivity contribution in [2.24, 2.45) is 23.7 Å². The monoisotopic (exact) mass is 383 g/mol. The normalized spacial score (nSPS) is 22.7. The largest absolute Gasteiger partial charge is 0.421 e. The van der Waals surface area contributed by atoms with Crippen LogP contribution in [0.25, 0.3) is 11.5 Å². The number of nitrogens with zero attached hydrogens (tertiary/aromatic N) is 3. The Bertz CT molecular complexity index is 769. The van der Waals surface area contributed by atoms with E-state index in [1.165, 1.54) is 5.57 Å². The number of hydrogen-bond acceptors (Lipinski definition) is 5. The zero-order valence-electron chi connectivity index (χ0n) is 17.5. The molecule has 0 amide bonds. The Hall–Kier alpha value is -1.98. The maximum Gasteiger partial charge on any atom is 0.247 e. The first-order valence-corrected chi connectivity index (χ1v) is 10.3. The minimum Gasteiger partial charge on any atom is -0.421 e. The van der Waals surface area contributed by atoms with Gasteiger partial charge in [-0.05, 0) is 56.2 Å². The second-order valence-electron chi connectivity index (χ2n) is 8.47. The van der Waals surface area contributed by atoms with Crippen molar-refractivity contribution < 1.29 is 9.52 Å². The lowest BCUT2D eigenvalue weighted by Crippen LogP contribution is -2.36. The van der Waals surface area contributed by atoms with E-state index in [-0.39, 0.29) is 6.61 Å². The number of aliphatic hydroxyl groups excluding tert-OH is 1. The minimum atomic E-state index is 0.210. The lowest BCUT2D eigenvalue weighted by molar-refractivity contribution is 0.156. The minimum absolute atomic E-state index is 0.210. The molecular weight excluding hydrogens is 350 g/mol. The third-order valence-electron chi connectivity index (χ3n) is 6.00. The predicted octanol–water partition coefficient (Wildman–Crippen LogP) is 4.06.